The molecular formula is C9H12BrNO. The standard InChI is InChI=1S/C9H12BrNO/c1-7(10)8-3-5-9(6-4-8)11-12-2/h3-5,7H,6H2,1-2H3. The second-order valence-corrected chi connectivity index (χ2v) is 4.00. The maximum Gasteiger partial charge on any atom is 0.106 e. The van der Waals surface area contributed by atoms with Crippen LogP contribution in [-0.4, -0.2) is 17.6 Å². The lowest BCUT2D eigenvalue weighted by molar-refractivity contribution is 0.213. The van der Waals surface area contributed by atoms with E-state index in [0.717, 1.165) is 12.1 Å². The minimum Gasteiger partial charge on any atom is -0.399 e. The third-order valence-corrected chi connectivity index (χ3v) is 2.21. The van der Waals surface area contributed by atoms with Crippen molar-refractivity contribution in [3.8, 4) is 0 Å². The average molecular weight is 230 g/mol. The topological polar surface area (TPSA) is 21.6 Å². The predicted molar refractivity (Wildman–Crippen MR) is 54.7 cm³/mol. The van der Waals surface area contributed by atoms with Crippen molar-refractivity contribution in [1.82, 2.24) is 0 Å². The summed E-state index contributed by atoms with van der Waals surface area (Å²) in [7, 11) is 1.56. The zero-order valence-corrected chi connectivity index (χ0v) is 8.84. The van der Waals surface area contributed by atoms with E-state index in [1.807, 2.05) is 6.08 Å². The quantitative estimate of drug-likeness (QED) is 0.527. The van der Waals surface area contributed by atoms with Crippen LogP contribution >= 0.6 is 15.9 Å². The molecule has 0 amide bonds. The summed E-state index contributed by atoms with van der Waals surface area (Å²) in [5.74, 6) is 0. The molecule has 0 aromatic rings. The monoisotopic (exact) mass is 229 g/mol. The van der Waals surface area contributed by atoms with E-state index in [9.17, 15) is 0 Å². The van der Waals surface area contributed by atoms with Crippen molar-refractivity contribution in [3.05, 3.63) is 23.8 Å². The van der Waals surface area contributed by atoms with Crippen LogP contribution in [0.25, 0.3) is 0 Å². The molecule has 12 heavy (non-hydrogen) atoms. The van der Waals surface area contributed by atoms with Gasteiger partial charge < -0.3 is 4.84 Å². The van der Waals surface area contributed by atoms with Gasteiger partial charge in [-0.2, -0.15) is 0 Å². The van der Waals surface area contributed by atoms with Crippen molar-refractivity contribution >= 4 is 21.6 Å². The third-order valence-electron chi connectivity index (χ3n) is 1.68. The molecule has 0 aliphatic heterocycles. The molecule has 1 aliphatic carbocycles. The zero-order valence-electron chi connectivity index (χ0n) is 7.25. The van der Waals surface area contributed by atoms with E-state index >= 15 is 0 Å². The van der Waals surface area contributed by atoms with Gasteiger partial charge in [0.25, 0.3) is 0 Å². The Morgan fingerprint density at radius 1 is 1.58 bits per heavy atom. The van der Waals surface area contributed by atoms with E-state index in [-0.39, 0.29) is 0 Å². The second kappa shape index (κ2) is 4.45. The van der Waals surface area contributed by atoms with Crippen molar-refractivity contribution in [2.75, 3.05) is 7.11 Å². The van der Waals surface area contributed by atoms with E-state index in [2.05, 4.69) is 45.0 Å². The Bertz CT molecular complexity index is 241. The minimum absolute atomic E-state index is 0.415. The number of hydrogen-bond donors (Lipinski definition) is 0. The number of oxime groups is 1. The molecule has 0 saturated heterocycles. The van der Waals surface area contributed by atoms with Crippen LogP contribution in [0.15, 0.2) is 29.0 Å². The minimum atomic E-state index is 0.415. The highest BCUT2D eigenvalue weighted by molar-refractivity contribution is 9.09. The van der Waals surface area contributed by atoms with Gasteiger partial charge >= 0.3 is 0 Å². The smallest absolute Gasteiger partial charge is 0.106 e. The van der Waals surface area contributed by atoms with Crippen molar-refractivity contribution in [2.45, 2.75) is 18.2 Å². The van der Waals surface area contributed by atoms with Crippen molar-refractivity contribution in [3.63, 3.8) is 0 Å². The van der Waals surface area contributed by atoms with Gasteiger partial charge in [-0.15, -0.1) is 0 Å². The summed E-state index contributed by atoms with van der Waals surface area (Å²) in [5, 5.41) is 3.85. The summed E-state index contributed by atoms with van der Waals surface area (Å²) >= 11 is 3.50. The Morgan fingerprint density at radius 2 is 2.33 bits per heavy atom. The lowest BCUT2D eigenvalue weighted by Crippen LogP contribution is -2.03. The first-order chi connectivity index (χ1) is 5.74. The van der Waals surface area contributed by atoms with Crippen LogP contribution in [0.3, 0.4) is 0 Å². The number of rotatable bonds is 2. The van der Waals surface area contributed by atoms with Crippen LogP contribution in [0.5, 0.6) is 0 Å². The van der Waals surface area contributed by atoms with Gasteiger partial charge in [-0.3, -0.25) is 0 Å². The van der Waals surface area contributed by atoms with Crippen LogP contribution in [0.2, 0.25) is 0 Å². The molecule has 1 aliphatic rings. The third kappa shape index (κ3) is 2.48. The van der Waals surface area contributed by atoms with Gasteiger partial charge in [-0.05, 0) is 18.6 Å². The Morgan fingerprint density at radius 3 is 2.75 bits per heavy atom. The lowest BCUT2D eigenvalue weighted by Gasteiger charge is -2.09. The van der Waals surface area contributed by atoms with Crippen LogP contribution < -0.4 is 0 Å². The fourth-order valence-corrected chi connectivity index (χ4v) is 1.37. The normalized spacial score (nSPS) is 22.2. The van der Waals surface area contributed by atoms with Gasteiger partial charge in [0.05, 0.1) is 5.71 Å². The SMILES string of the molecule is CON=C1C=CC(C(C)Br)=CC1. The fourth-order valence-electron chi connectivity index (χ4n) is 1.03. The maximum atomic E-state index is 4.67. The molecule has 0 heterocycles. The molecule has 0 N–H and O–H groups in total. The van der Waals surface area contributed by atoms with E-state index in [0.29, 0.717) is 4.83 Å². The first-order valence-electron chi connectivity index (χ1n) is 3.86. The zero-order chi connectivity index (χ0) is 8.97. The van der Waals surface area contributed by atoms with E-state index in [1.165, 1.54) is 5.57 Å². The highest BCUT2D eigenvalue weighted by Gasteiger charge is 2.06. The van der Waals surface area contributed by atoms with Crippen molar-refractivity contribution in [2.24, 2.45) is 5.16 Å². The number of allylic oxidation sites excluding steroid dienone is 4. The van der Waals surface area contributed by atoms with Gasteiger partial charge in [0.1, 0.15) is 7.11 Å². The molecule has 0 spiro atoms. The van der Waals surface area contributed by atoms with Gasteiger partial charge in [0, 0.05) is 11.2 Å². The van der Waals surface area contributed by atoms with Gasteiger partial charge in [0.2, 0.25) is 0 Å². The Balaban J connectivity index is 2.61. The molecule has 0 saturated carbocycles. The molecule has 1 rings (SSSR count). The summed E-state index contributed by atoms with van der Waals surface area (Å²) in [5.41, 5.74) is 2.26. The van der Waals surface area contributed by atoms with E-state index in [1.54, 1.807) is 7.11 Å². The average Bonchev–Trinajstić information content (AvgIpc) is 2.06. The number of hydrogen-bond acceptors (Lipinski definition) is 2. The molecule has 0 fully saturated rings. The second-order valence-electron chi connectivity index (χ2n) is 2.62. The van der Waals surface area contributed by atoms with Gasteiger partial charge in [-0.1, -0.05) is 33.2 Å². The molecular weight excluding hydrogens is 218 g/mol. The molecule has 1 atom stereocenters. The molecule has 0 aromatic heterocycles. The molecule has 3 heteroatoms. The first kappa shape index (κ1) is 9.52. The Labute approximate surface area is 81.1 Å². The molecule has 2 nitrogen and oxygen atoms in total. The molecule has 1 unspecified atom stereocenters. The highest BCUT2D eigenvalue weighted by atomic mass is 79.9. The first-order valence-corrected chi connectivity index (χ1v) is 4.78. The largest absolute Gasteiger partial charge is 0.399 e. The predicted octanol–water partition coefficient (Wildman–Crippen LogP) is 2.66. The molecule has 66 valence electrons. The summed E-state index contributed by atoms with van der Waals surface area (Å²) in [4.78, 5) is 5.09. The lowest BCUT2D eigenvalue weighted by atomic mass is 10.0. The van der Waals surface area contributed by atoms with Crippen molar-refractivity contribution in [1.29, 1.82) is 0 Å². The van der Waals surface area contributed by atoms with E-state index < -0.39 is 0 Å². The number of alkyl halides is 1. The van der Waals surface area contributed by atoms with Crippen molar-refractivity contribution < 1.29 is 4.84 Å². The van der Waals surface area contributed by atoms with Crippen LogP contribution in [0, 0.1) is 0 Å². The van der Waals surface area contributed by atoms with Gasteiger partial charge in [0.15, 0.2) is 0 Å². The molecule has 0 aromatic carbocycles. The summed E-state index contributed by atoms with van der Waals surface area (Å²) in [6.45, 7) is 2.11. The van der Waals surface area contributed by atoms with E-state index in [4.69, 9.17) is 0 Å². The Kier molecular flexibility index (Phi) is 3.53. The van der Waals surface area contributed by atoms with Crippen LogP contribution in [0.4, 0.5) is 0 Å². The number of halogens is 1. The van der Waals surface area contributed by atoms with Crippen LogP contribution in [0.1, 0.15) is 13.3 Å². The fraction of sp³-hybridized carbons (Fsp3) is 0.444. The number of nitrogens with zero attached hydrogens (tertiary/aromatic N) is 1. The molecule has 0 bridgehead atoms. The summed E-state index contributed by atoms with van der Waals surface area (Å²) in [6.07, 6.45) is 7.05. The molecule has 0 radical (unpaired) electrons. The highest BCUT2D eigenvalue weighted by Crippen LogP contribution is 2.17. The van der Waals surface area contributed by atoms with Crippen LogP contribution in [-0.2, 0) is 4.84 Å². The summed E-state index contributed by atoms with van der Waals surface area (Å²) in [6, 6.07) is 0. The Hall–Kier alpha value is -0.570. The maximum absolute atomic E-state index is 4.67. The summed E-state index contributed by atoms with van der Waals surface area (Å²) < 4.78 is 0. The van der Waals surface area contributed by atoms with Gasteiger partial charge in [-0.25, -0.2) is 0 Å².